The molecule has 1 amide bonds. The van der Waals surface area contributed by atoms with Crippen molar-refractivity contribution in [1.29, 1.82) is 0 Å². The summed E-state index contributed by atoms with van der Waals surface area (Å²) in [6, 6.07) is 8.52. The molecule has 3 N–H and O–H groups in total. The first-order chi connectivity index (χ1) is 9.56. The van der Waals surface area contributed by atoms with Gasteiger partial charge in [0.25, 0.3) is 5.91 Å². The van der Waals surface area contributed by atoms with E-state index in [1.54, 1.807) is 37.3 Å². The predicted molar refractivity (Wildman–Crippen MR) is 77.9 cm³/mol. The van der Waals surface area contributed by atoms with Crippen molar-refractivity contribution in [2.24, 2.45) is 5.73 Å². The van der Waals surface area contributed by atoms with Crippen LogP contribution in [0.25, 0.3) is 0 Å². The number of para-hydroxylation sites is 2. The summed E-state index contributed by atoms with van der Waals surface area (Å²) in [6.45, 7) is 1.84. The minimum atomic E-state index is -0.406. The van der Waals surface area contributed by atoms with Gasteiger partial charge in [0, 0.05) is 6.07 Å². The van der Waals surface area contributed by atoms with Crippen LogP contribution >= 0.6 is 12.2 Å². The molecule has 1 aromatic carbocycles. The van der Waals surface area contributed by atoms with Crippen LogP contribution < -0.4 is 15.8 Å². The number of aryl methyl sites for hydroxylation is 1. The molecule has 0 spiro atoms. The van der Waals surface area contributed by atoms with Crippen LogP contribution in [0.15, 0.2) is 34.9 Å². The van der Waals surface area contributed by atoms with Crippen molar-refractivity contribution in [2.75, 3.05) is 11.9 Å². The third kappa shape index (κ3) is 3.55. The van der Waals surface area contributed by atoms with E-state index in [4.69, 9.17) is 27.2 Å². The van der Waals surface area contributed by atoms with E-state index in [1.807, 2.05) is 0 Å². The van der Waals surface area contributed by atoms with Crippen LogP contribution in [0.1, 0.15) is 16.2 Å². The molecule has 6 nitrogen and oxygen atoms in total. The Morgan fingerprint density at radius 2 is 2.25 bits per heavy atom. The average Bonchev–Trinajstić information content (AvgIpc) is 2.84. The topological polar surface area (TPSA) is 90.4 Å². The van der Waals surface area contributed by atoms with E-state index in [-0.39, 0.29) is 17.4 Å². The molecule has 2 rings (SSSR count). The molecule has 20 heavy (non-hydrogen) atoms. The number of nitrogens with zero attached hydrogens (tertiary/aromatic N) is 1. The highest BCUT2D eigenvalue weighted by molar-refractivity contribution is 7.80. The Bertz CT molecular complexity index is 639. The van der Waals surface area contributed by atoms with Crippen molar-refractivity contribution in [1.82, 2.24) is 5.16 Å². The monoisotopic (exact) mass is 291 g/mol. The summed E-state index contributed by atoms with van der Waals surface area (Å²) < 4.78 is 10.3. The van der Waals surface area contributed by atoms with Gasteiger partial charge in [0.1, 0.15) is 17.3 Å². The SMILES string of the molecule is Cc1cc(C(=O)Nc2ccccc2OCC(N)=S)on1. The van der Waals surface area contributed by atoms with Gasteiger partial charge < -0.3 is 20.3 Å². The number of ether oxygens (including phenoxy) is 1. The third-order valence-corrected chi connectivity index (χ3v) is 2.47. The maximum absolute atomic E-state index is 12.0. The second-order valence-electron chi connectivity index (χ2n) is 4.04. The van der Waals surface area contributed by atoms with Crippen molar-refractivity contribution in [2.45, 2.75) is 6.92 Å². The highest BCUT2D eigenvalue weighted by Gasteiger charge is 2.14. The van der Waals surface area contributed by atoms with Gasteiger partial charge in [-0.3, -0.25) is 4.79 Å². The Morgan fingerprint density at radius 1 is 1.50 bits per heavy atom. The molecule has 0 aliphatic heterocycles. The highest BCUT2D eigenvalue weighted by Crippen LogP contribution is 2.24. The molecule has 0 aliphatic carbocycles. The van der Waals surface area contributed by atoms with Crippen LogP contribution in [-0.2, 0) is 0 Å². The first-order valence-corrected chi connectivity index (χ1v) is 6.22. The van der Waals surface area contributed by atoms with E-state index in [0.29, 0.717) is 17.1 Å². The van der Waals surface area contributed by atoms with Crippen molar-refractivity contribution in [3.05, 3.63) is 41.8 Å². The van der Waals surface area contributed by atoms with E-state index in [0.717, 1.165) is 0 Å². The highest BCUT2D eigenvalue weighted by atomic mass is 32.1. The molecule has 0 fully saturated rings. The molecule has 104 valence electrons. The maximum atomic E-state index is 12.0. The lowest BCUT2D eigenvalue weighted by Crippen LogP contribution is -2.19. The number of benzene rings is 1. The number of hydrogen-bond donors (Lipinski definition) is 2. The molecular formula is C13H13N3O3S. The third-order valence-electron chi connectivity index (χ3n) is 2.36. The molecule has 0 saturated heterocycles. The zero-order chi connectivity index (χ0) is 14.5. The minimum absolute atomic E-state index is 0.101. The summed E-state index contributed by atoms with van der Waals surface area (Å²) in [5, 5.41) is 6.34. The van der Waals surface area contributed by atoms with Crippen LogP contribution in [0.2, 0.25) is 0 Å². The summed E-state index contributed by atoms with van der Waals surface area (Å²) >= 11 is 4.75. The van der Waals surface area contributed by atoms with Crippen LogP contribution in [0.4, 0.5) is 5.69 Å². The largest absolute Gasteiger partial charge is 0.484 e. The molecule has 0 bridgehead atoms. The zero-order valence-corrected chi connectivity index (χ0v) is 11.6. The standard InChI is InChI=1S/C13H13N3O3S/c1-8-6-11(19-16-8)13(17)15-9-4-2-3-5-10(9)18-7-12(14)20/h2-6H,7H2,1H3,(H2,14,20)(H,15,17). The quantitative estimate of drug-likeness (QED) is 0.818. The summed E-state index contributed by atoms with van der Waals surface area (Å²) in [4.78, 5) is 12.2. The average molecular weight is 291 g/mol. The first-order valence-electron chi connectivity index (χ1n) is 5.81. The molecule has 0 unspecified atom stereocenters. The number of nitrogens with two attached hydrogens (primary N) is 1. The number of nitrogens with one attached hydrogen (secondary N) is 1. The van der Waals surface area contributed by atoms with Gasteiger partial charge >= 0.3 is 0 Å². The van der Waals surface area contributed by atoms with E-state index < -0.39 is 5.91 Å². The normalized spacial score (nSPS) is 10.1. The van der Waals surface area contributed by atoms with E-state index in [1.165, 1.54) is 0 Å². The lowest BCUT2D eigenvalue weighted by molar-refractivity contribution is 0.0987. The summed E-state index contributed by atoms with van der Waals surface area (Å²) in [6.07, 6.45) is 0. The molecule has 0 atom stereocenters. The fourth-order valence-corrected chi connectivity index (χ4v) is 1.56. The van der Waals surface area contributed by atoms with E-state index >= 15 is 0 Å². The van der Waals surface area contributed by atoms with E-state index in [9.17, 15) is 4.79 Å². The summed E-state index contributed by atoms with van der Waals surface area (Å²) in [5.74, 6) is 0.202. The van der Waals surface area contributed by atoms with Gasteiger partial charge in [-0.1, -0.05) is 29.5 Å². The number of carbonyl (C=O) groups excluding carboxylic acids is 1. The van der Waals surface area contributed by atoms with Crippen LogP contribution in [0.3, 0.4) is 0 Å². The predicted octanol–water partition coefficient (Wildman–Crippen LogP) is 1.90. The summed E-state index contributed by atoms with van der Waals surface area (Å²) in [5.41, 5.74) is 6.52. The number of aromatic nitrogens is 1. The molecule has 0 aliphatic rings. The van der Waals surface area contributed by atoms with E-state index in [2.05, 4.69) is 10.5 Å². The number of amides is 1. The van der Waals surface area contributed by atoms with Crippen LogP contribution in [0.5, 0.6) is 5.75 Å². The number of anilines is 1. The number of hydrogen-bond acceptors (Lipinski definition) is 5. The van der Waals surface area contributed by atoms with Gasteiger partial charge in [-0.25, -0.2) is 0 Å². The Hall–Kier alpha value is -2.41. The van der Waals surface area contributed by atoms with Crippen LogP contribution in [-0.4, -0.2) is 22.7 Å². The molecule has 7 heteroatoms. The maximum Gasteiger partial charge on any atom is 0.294 e. The van der Waals surface area contributed by atoms with Crippen molar-refractivity contribution in [3.8, 4) is 5.75 Å². The van der Waals surface area contributed by atoms with Gasteiger partial charge in [-0.2, -0.15) is 0 Å². The smallest absolute Gasteiger partial charge is 0.294 e. The van der Waals surface area contributed by atoms with Gasteiger partial charge in [0.05, 0.1) is 11.4 Å². The van der Waals surface area contributed by atoms with Gasteiger partial charge in [0.15, 0.2) is 0 Å². The zero-order valence-electron chi connectivity index (χ0n) is 10.8. The number of carbonyl (C=O) groups is 1. The van der Waals surface area contributed by atoms with Crippen molar-refractivity contribution >= 4 is 28.8 Å². The Labute approximate surface area is 120 Å². The Kier molecular flexibility index (Phi) is 4.31. The number of thiocarbonyl (C=S) groups is 1. The molecular weight excluding hydrogens is 278 g/mol. The fourth-order valence-electron chi connectivity index (χ4n) is 1.50. The minimum Gasteiger partial charge on any atom is -0.484 e. The summed E-state index contributed by atoms with van der Waals surface area (Å²) in [7, 11) is 0. The lowest BCUT2D eigenvalue weighted by Gasteiger charge is -2.10. The first kappa shape index (κ1) is 14.0. The fraction of sp³-hybridized carbons (Fsp3) is 0.154. The number of rotatable bonds is 5. The van der Waals surface area contributed by atoms with Gasteiger partial charge in [-0.05, 0) is 19.1 Å². The molecule has 0 saturated carbocycles. The second-order valence-corrected chi connectivity index (χ2v) is 4.56. The molecule has 1 aromatic heterocycles. The van der Waals surface area contributed by atoms with Crippen molar-refractivity contribution in [3.63, 3.8) is 0 Å². The molecule has 2 aromatic rings. The van der Waals surface area contributed by atoms with Crippen molar-refractivity contribution < 1.29 is 14.1 Å². The second kappa shape index (κ2) is 6.16. The van der Waals surface area contributed by atoms with Gasteiger partial charge in [0.2, 0.25) is 5.76 Å². The Morgan fingerprint density at radius 3 is 2.90 bits per heavy atom. The van der Waals surface area contributed by atoms with Gasteiger partial charge in [-0.15, -0.1) is 0 Å². The van der Waals surface area contributed by atoms with Crippen LogP contribution in [0, 0.1) is 6.92 Å². The molecule has 1 heterocycles. The Balaban J connectivity index is 2.12. The molecule has 0 radical (unpaired) electrons. The lowest BCUT2D eigenvalue weighted by atomic mass is 10.2.